The maximum Gasteiger partial charge on any atom is 0.228 e. The summed E-state index contributed by atoms with van der Waals surface area (Å²) in [5.74, 6) is -2.16. The lowest BCUT2D eigenvalue weighted by molar-refractivity contribution is -0.460. The molecule has 5 atom stereocenters. The Labute approximate surface area is 148 Å². The Balaban J connectivity index is 1.79. The van der Waals surface area contributed by atoms with E-state index in [4.69, 9.17) is 28.4 Å². The largest absolute Gasteiger partial charge is 0.470 e. The van der Waals surface area contributed by atoms with E-state index in [1.54, 1.807) is 34.3 Å². The molecule has 1 fully saturated rings. The Morgan fingerprint density at radius 2 is 1.64 bits per heavy atom. The third kappa shape index (κ3) is 3.32. The van der Waals surface area contributed by atoms with Crippen molar-refractivity contribution in [2.45, 2.75) is 57.5 Å². The zero-order valence-electron chi connectivity index (χ0n) is 15.4. The van der Waals surface area contributed by atoms with Gasteiger partial charge in [0, 0.05) is 14.2 Å². The second-order valence-electron chi connectivity index (χ2n) is 6.58. The molecule has 2 aliphatic rings. The fourth-order valence-corrected chi connectivity index (χ4v) is 3.07. The second-order valence-corrected chi connectivity index (χ2v) is 6.58. The highest BCUT2D eigenvalue weighted by Crippen LogP contribution is 2.43. The molecule has 0 saturated carbocycles. The Morgan fingerprint density at radius 3 is 2.28 bits per heavy atom. The first-order chi connectivity index (χ1) is 11.9. The van der Waals surface area contributed by atoms with E-state index in [0.717, 1.165) is 11.1 Å². The van der Waals surface area contributed by atoms with Gasteiger partial charge in [-0.1, -0.05) is 30.3 Å². The van der Waals surface area contributed by atoms with Crippen molar-refractivity contribution in [2.24, 2.45) is 0 Å². The molecule has 2 aliphatic heterocycles. The fourth-order valence-electron chi connectivity index (χ4n) is 3.07. The quantitative estimate of drug-likeness (QED) is 0.814. The van der Waals surface area contributed by atoms with Gasteiger partial charge in [0.15, 0.2) is 6.10 Å². The van der Waals surface area contributed by atoms with Crippen molar-refractivity contribution in [1.82, 2.24) is 0 Å². The summed E-state index contributed by atoms with van der Waals surface area (Å²) in [5, 5.41) is 0. The molecule has 0 aliphatic carbocycles. The van der Waals surface area contributed by atoms with Crippen LogP contribution < -0.4 is 0 Å². The predicted molar refractivity (Wildman–Crippen MR) is 90.4 cm³/mol. The number of hydrogen-bond acceptors (Lipinski definition) is 6. The standard InChI is InChI=1S/C19H26O6/c1-13-11-22-17(23-12-14-9-7-6-8-10-14)16-15(13)24-18(2,20-4)19(3,21-5)25-16/h6-11,15-17H,12H2,1-5H3/t15-,16+,17+,18+,19+/m1/s1. The van der Waals surface area contributed by atoms with Crippen molar-refractivity contribution in [3.8, 4) is 0 Å². The van der Waals surface area contributed by atoms with E-state index in [2.05, 4.69) is 0 Å². The minimum Gasteiger partial charge on any atom is -0.470 e. The summed E-state index contributed by atoms with van der Waals surface area (Å²) in [7, 11) is 3.13. The van der Waals surface area contributed by atoms with Gasteiger partial charge in [-0.05, 0) is 31.9 Å². The van der Waals surface area contributed by atoms with Crippen LogP contribution in [0.15, 0.2) is 42.2 Å². The Kier molecular flexibility index (Phi) is 5.18. The van der Waals surface area contributed by atoms with Crippen LogP contribution in [0.3, 0.4) is 0 Å². The zero-order valence-corrected chi connectivity index (χ0v) is 15.4. The van der Waals surface area contributed by atoms with Gasteiger partial charge >= 0.3 is 0 Å². The number of rotatable bonds is 5. The third-order valence-electron chi connectivity index (χ3n) is 4.98. The van der Waals surface area contributed by atoms with Gasteiger partial charge < -0.3 is 28.4 Å². The van der Waals surface area contributed by atoms with E-state index in [9.17, 15) is 0 Å². The first-order valence-electron chi connectivity index (χ1n) is 8.36. The van der Waals surface area contributed by atoms with Crippen molar-refractivity contribution >= 4 is 0 Å². The molecule has 1 aromatic carbocycles. The van der Waals surface area contributed by atoms with Crippen LogP contribution in [0, 0.1) is 0 Å². The number of fused-ring (bicyclic) bond motifs is 1. The Hall–Kier alpha value is -1.44. The first-order valence-corrected chi connectivity index (χ1v) is 8.36. The van der Waals surface area contributed by atoms with E-state index in [-0.39, 0.29) is 6.10 Å². The van der Waals surface area contributed by atoms with Crippen molar-refractivity contribution in [2.75, 3.05) is 14.2 Å². The molecule has 0 aromatic heterocycles. The Bertz CT molecular complexity index is 618. The molecule has 138 valence electrons. The highest BCUT2D eigenvalue weighted by atomic mass is 16.8. The van der Waals surface area contributed by atoms with E-state index in [1.807, 2.05) is 37.3 Å². The highest BCUT2D eigenvalue weighted by molar-refractivity contribution is 5.15. The maximum absolute atomic E-state index is 6.24. The lowest BCUT2D eigenvalue weighted by Crippen LogP contribution is -2.68. The summed E-state index contributed by atoms with van der Waals surface area (Å²) in [5.41, 5.74) is 1.97. The van der Waals surface area contributed by atoms with Gasteiger partial charge in [-0.25, -0.2) is 0 Å². The molecule has 0 unspecified atom stereocenters. The average Bonchev–Trinajstić information content (AvgIpc) is 2.64. The second kappa shape index (κ2) is 7.05. The van der Waals surface area contributed by atoms with Crippen LogP contribution in [0.2, 0.25) is 0 Å². The summed E-state index contributed by atoms with van der Waals surface area (Å²) in [6.07, 6.45) is 0.237. The van der Waals surface area contributed by atoms with Crippen molar-refractivity contribution in [3.63, 3.8) is 0 Å². The van der Waals surface area contributed by atoms with Crippen LogP contribution in [0.25, 0.3) is 0 Å². The van der Waals surface area contributed by atoms with Crippen molar-refractivity contribution in [1.29, 1.82) is 0 Å². The maximum atomic E-state index is 6.24. The van der Waals surface area contributed by atoms with Crippen LogP contribution in [0.4, 0.5) is 0 Å². The van der Waals surface area contributed by atoms with Crippen molar-refractivity contribution < 1.29 is 28.4 Å². The molecular formula is C19H26O6. The van der Waals surface area contributed by atoms with E-state index in [1.165, 1.54) is 0 Å². The molecule has 0 amide bonds. The molecule has 25 heavy (non-hydrogen) atoms. The molecule has 6 nitrogen and oxygen atoms in total. The summed E-state index contributed by atoms with van der Waals surface area (Å²) in [4.78, 5) is 0. The van der Waals surface area contributed by atoms with E-state index >= 15 is 0 Å². The van der Waals surface area contributed by atoms with Gasteiger partial charge in [-0.3, -0.25) is 0 Å². The molecular weight excluding hydrogens is 324 g/mol. The molecule has 0 radical (unpaired) electrons. The molecule has 6 heteroatoms. The zero-order chi connectivity index (χ0) is 18.1. The lowest BCUT2D eigenvalue weighted by atomic mass is 9.98. The van der Waals surface area contributed by atoms with Gasteiger partial charge in [0.05, 0.1) is 12.9 Å². The number of ether oxygens (including phenoxy) is 6. The minimum absolute atomic E-state index is 0.345. The summed E-state index contributed by atoms with van der Waals surface area (Å²) < 4.78 is 35.3. The minimum atomic E-state index is -1.10. The summed E-state index contributed by atoms with van der Waals surface area (Å²) in [6, 6.07) is 9.91. The molecule has 3 rings (SSSR count). The lowest BCUT2D eigenvalue weighted by Gasteiger charge is -2.54. The van der Waals surface area contributed by atoms with Crippen LogP contribution in [0.5, 0.6) is 0 Å². The first kappa shape index (κ1) is 18.4. The molecule has 2 heterocycles. The van der Waals surface area contributed by atoms with Crippen LogP contribution in [-0.4, -0.2) is 44.3 Å². The van der Waals surface area contributed by atoms with E-state index < -0.39 is 24.0 Å². The molecule has 0 spiro atoms. The summed E-state index contributed by atoms with van der Waals surface area (Å²) >= 11 is 0. The van der Waals surface area contributed by atoms with Gasteiger partial charge in [0.25, 0.3) is 0 Å². The third-order valence-corrected chi connectivity index (χ3v) is 4.98. The van der Waals surface area contributed by atoms with Crippen molar-refractivity contribution in [3.05, 3.63) is 47.7 Å². The van der Waals surface area contributed by atoms with Gasteiger partial charge in [0.2, 0.25) is 17.9 Å². The Morgan fingerprint density at radius 1 is 1.00 bits per heavy atom. The number of hydrogen-bond donors (Lipinski definition) is 0. The number of methoxy groups -OCH3 is 2. The average molecular weight is 350 g/mol. The van der Waals surface area contributed by atoms with Gasteiger partial charge in [-0.15, -0.1) is 0 Å². The molecule has 0 N–H and O–H groups in total. The normalized spacial score (nSPS) is 37.8. The molecule has 1 aromatic rings. The highest BCUT2D eigenvalue weighted by Gasteiger charge is 2.59. The number of benzene rings is 1. The summed E-state index contributed by atoms with van der Waals surface area (Å²) in [6.45, 7) is 5.93. The fraction of sp³-hybridized carbons (Fsp3) is 0.579. The molecule has 1 saturated heterocycles. The van der Waals surface area contributed by atoms with Crippen LogP contribution >= 0.6 is 0 Å². The van der Waals surface area contributed by atoms with Gasteiger partial charge in [0.1, 0.15) is 6.10 Å². The smallest absolute Gasteiger partial charge is 0.228 e. The predicted octanol–water partition coefficient (Wildman–Crippen LogP) is 2.97. The van der Waals surface area contributed by atoms with E-state index in [0.29, 0.717) is 6.61 Å². The monoisotopic (exact) mass is 350 g/mol. The SMILES string of the molecule is CO[C@@]1(C)O[C@@H]2[C@H](OCc3ccccc3)OC=C(C)[C@H]2O[C@]1(C)OC. The topological polar surface area (TPSA) is 55.4 Å². The van der Waals surface area contributed by atoms with Crippen LogP contribution in [-0.2, 0) is 35.0 Å². The van der Waals surface area contributed by atoms with Gasteiger partial charge in [-0.2, -0.15) is 0 Å². The molecule has 0 bridgehead atoms. The van der Waals surface area contributed by atoms with Crippen LogP contribution in [0.1, 0.15) is 26.3 Å².